The molecule has 10 heteroatoms. The van der Waals surface area contributed by atoms with E-state index in [1.54, 1.807) is 54.6 Å². The third-order valence-electron chi connectivity index (χ3n) is 5.43. The lowest BCUT2D eigenvalue weighted by atomic mass is 10.0. The second-order valence-electron chi connectivity index (χ2n) is 7.23. The van der Waals surface area contributed by atoms with Gasteiger partial charge in [0.15, 0.2) is 0 Å². The number of amides is 1. The second-order valence-corrected chi connectivity index (χ2v) is 7.23. The molecule has 4 rings (SSSR count). The Morgan fingerprint density at radius 3 is 2.53 bits per heavy atom. The van der Waals surface area contributed by atoms with Crippen molar-refractivity contribution in [2.75, 3.05) is 25.1 Å². The topological polar surface area (TPSA) is 124 Å². The maximum absolute atomic E-state index is 13.5. The third-order valence-corrected chi connectivity index (χ3v) is 5.43. The van der Waals surface area contributed by atoms with Crippen LogP contribution in [0.15, 0.2) is 59.4 Å². The molecule has 1 saturated heterocycles. The third kappa shape index (κ3) is 3.55. The number of hydrogen-bond donors (Lipinski definition) is 1. The Labute approximate surface area is 182 Å². The molecule has 0 spiro atoms. The summed E-state index contributed by atoms with van der Waals surface area (Å²) in [4.78, 5) is 50.9. The first kappa shape index (κ1) is 21.0. The number of piperazine rings is 1. The molecule has 164 valence electrons. The number of carbonyl (C=O) groups excluding carboxylic acids is 2. The van der Waals surface area contributed by atoms with E-state index in [0.717, 1.165) is 0 Å². The second kappa shape index (κ2) is 8.50. The summed E-state index contributed by atoms with van der Waals surface area (Å²) in [5.74, 6) is -1.10. The molecule has 1 amide bonds. The first-order chi connectivity index (χ1) is 15.4. The van der Waals surface area contributed by atoms with Crippen LogP contribution in [0.1, 0.15) is 6.42 Å². The Kier molecular flexibility index (Phi) is 5.59. The molecule has 1 aromatic heterocycles. The van der Waals surface area contributed by atoms with Gasteiger partial charge in [-0.25, -0.2) is 0 Å². The molecule has 1 aliphatic rings. The number of nitro groups is 1. The van der Waals surface area contributed by atoms with Crippen LogP contribution < -0.4 is 15.8 Å². The molecular formula is C22H20N4O6. The Bertz CT molecular complexity index is 1270. The van der Waals surface area contributed by atoms with Crippen LogP contribution in [0.3, 0.4) is 0 Å². The number of esters is 1. The number of rotatable bonds is 5. The predicted octanol–water partition coefficient (Wildman–Crippen LogP) is 1.77. The normalized spacial score (nSPS) is 16.0. The van der Waals surface area contributed by atoms with Crippen LogP contribution in [-0.4, -0.2) is 47.6 Å². The zero-order valence-electron chi connectivity index (χ0n) is 17.2. The van der Waals surface area contributed by atoms with Crippen LogP contribution in [0.2, 0.25) is 0 Å². The molecule has 1 N–H and O–H groups in total. The van der Waals surface area contributed by atoms with E-state index in [2.05, 4.69) is 5.32 Å². The van der Waals surface area contributed by atoms with E-state index in [1.165, 1.54) is 16.6 Å². The SMILES string of the molecule is COC(=O)CC1C(=O)NCCN1c1c([N+](=O)[O-])c(=O)n(-c2ccccc2)c2ccccc12. The van der Waals surface area contributed by atoms with Crippen molar-refractivity contribution < 1.29 is 19.2 Å². The molecule has 10 nitrogen and oxygen atoms in total. The van der Waals surface area contributed by atoms with Gasteiger partial charge in [-0.3, -0.25) is 29.1 Å². The smallest absolute Gasteiger partial charge is 0.358 e. The number of pyridine rings is 1. The quantitative estimate of drug-likeness (QED) is 0.367. The maximum atomic E-state index is 13.5. The Morgan fingerprint density at radius 1 is 1.16 bits per heavy atom. The lowest BCUT2D eigenvalue weighted by Crippen LogP contribution is -2.56. The van der Waals surface area contributed by atoms with E-state index in [-0.39, 0.29) is 25.2 Å². The zero-order chi connectivity index (χ0) is 22.8. The van der Waals surface area contributed by atoms with Crippen molar-refractivity contribution in [2.45, 2.75) is 12.5 Å². The maximum Gasteiger partial charge on any atom is 0.358 e. The molecule has 0 radical (unpaired) electrons. The number of methoxy groups -OCH3 is 1. The first-order valence-corrected chi connectivity index (χ1v) is 9.92. The van der Waals surface area contributed by atoms with Gasteiger partial charge in [0.25, 0.3) is 0 Å². The van der Waals surface area contributed by atoms with Gasteiger partial charge in [0, 0.05) is 24.2 Å². The number of nitrogens with one attached hydrogen (secondary N) is 1. The summed E-state index contributed by atoms with van der Waals surface area (Å²) in [6.45, 7) is 0.400. The summed E-state index contributed by atoms with van der Waals surface area (Å²) in [5, 5.41) is 15.2. The van der Waals surface area contributed by atoms with Gasteiger partial charge in [0.05, 0.1) is 24.0 Å². The Balaban J connectivity index is 2.05. The summed E-state index contributed by atoms with van der Waals surface area (Å²) < 4.78 is 5.99. The summed E-state index contributed by atoms with van der Waals surface area (Å²) in [7, 11) is 1.20. The fraction of sp³-hybridized carbons (Fsp3) is 0.227. The van der Waals surface area contributed by atoms with Crippen LogP contribution >= 0.6 is 0 Å². The van der Waals surface area contributed by atoms with Crippen molar-refractivity contribution in [3.63, 3.8) is 0 Å². The van der Waals surface area contributed by atoms with Crippen molar-refractivity contribution in [1.29, 1.82) is 0 Å². The number of hydrogen-bond acceptors (Lipinski definition) is 7. The van der Waals surface area contributed by atoms with Crippen LogP contribution in [0.25, 0.3) is 16.6 Å². The van der Waals surface area contributed by atoms with Crippen LogP contribution in [-0.2, 0) is 14.3 Å². The van der Waals surface area contributed by atoms with E-state index in [4.69, 9.17) is 4.74 Å². The minimum atomic E-state index is -1.05. The van der Waals surface area contributed by atoms with Gasteiger partial charge >= 0.3 is 17.2 Å². The number of fused-ring (bicyclic) bond motifs is 1. The number of benzene rings is 2. The van der Waals surface area contributed by atoms with Gasteiger partial charge in [-0.15, -0.1) is 0 Å². The number of ether oxygens (including phenoxy) is 1. The van der Waals surface area contributed by atoms with Gasteiger partial charge < -0.3 is 15.0 Å². The number of aromatic nitrogens is 1. The minimum Gasteiger partial charge on any atom is -0.469 e. The van der Waals surface area contributed by atoms with E-state index in [9.17, 15) is 24.5 Å². The molecule has 2 aromatic carbocycles. The molecule has 0 saturated carbocycles. The van der Waals surface area contributed by atoms with Crippen molar-refractivity contribution >= 4 is 34.2 Å². The molecule has 0 aliphatic carbocycles. The first-order valence-electron chi connectivity index (χ1n) is 9.92. The number of para-hydroxylation sites is 2. The highest BCUT2D eigenvalue weighted by Crippen LogP contribution is 2.36. The van der Waals surface area contributed by atoms with Crippen molar-refractivity contribution in [2.24, 2.45) is 0 Å². The van der Waals surface area contributed by atoms with E-state index < -0.39 is 34.1 Å². The number of anilines is 1. The molecule has 32 heavy (non-hydrogen) atoms. The van der Waals surface area contributed by atoms with Crippen LogP contribution in [0, 0.1) is 10.1 Å². The number of carbonyl (C=O) groups is 2. The highest BCUT2D eigenvalue weighted by atomic mass is 16.6. The molecule has 1 aliphatic heterocycles. The fourth-order valence-corrected chi connectivity index (χ4v) is 4.03. The monoisotopic (exact) mass is 436 g/mol. The van der Waals surface area contributed by atoms with Crippen LogP contribution in [0.4, 0.5) is 11.4 Å². The molecular weight excluding hydrogens is 416 g/mol. The van der Waals surface area contributed by atoms with Crippen LogP contribution in [0.5, 0.6) is 0 Å². The Hall–Kier alpha value is -4.21. The van der Waals surface area contributed by atoms with Gasteiger partial charge in [-0.05, 0) is 18.2 Å². The lowest BCUT2D eigenvalue weighted by Gasteiger charge is -2.36. The summed E-state index contributed by atoms with van der Waals surface area (Å²) in [6.07, 6.45) is -0.310. The van der Waals surface area contributed by atoms with Gasteiger partial charge in [-0.2, -0.15) is 0 Å². The van der Waals surface area contributed by atoms with Gasteiger partial charge in [0.1, 0.15) is 11.7 Å². The van der Waals surface area contributed by atoms with Gasteiger partial charge in [-0.1, -0.05) is 36.4 Å². The molecule has 1 atom stereocenters. The number of nitrogens with zero attached hydrogens (tertiary/aromatic N) is 3. The highest BCUT2D eigenvalue weighted by Gasteiger charge is 2.38. The minimum absolute atomic E-state index is 0.0199. The van der Waals surface area contributed by atoms with Crippen molar-refractivity contribution in [1.82, 2.24) is 9.88 Å². The predicted molar refractivity (Wildman–Crippen MR) is 117 cm³/mol. The molecule has 1 unspecified atom stereocenters. The molecule has 0 bridgehead atoms. The zero-order valence-corrected chi connectivity index (χ0v) is 17.2. The van der Waals surface area contributed by atoms with E-state index in [0.29, 0.717) is 16.6 Å². The summed E-state index contributed by atoms with van der Waals surface area (Å²) >= 11 is 0. The van der Waals surface area contributed by atoms with E-state index >= 15 is 0 Å². The lowest BCUT2D eigenvalue weighted by molar-refractivity contribution is -0.385. The van der Waals surface area contributed by atoms with Crippen molar-refractivity contribution in [3.05, 3.63) is 75.1 Å². The van der Waals surface area contributed by atoms with E-state index in [1.807, 2.05) is 0 Å². The molecule has 3 aromatic rings. The molecule has 2 heterocycles. The molecule has 1 fully saturated rings. The standard InChI is InChI=1S/C22H20N4O6/c1-32-18(27)13-17-21(28)23-11-12-24(17)19-15-9-5-6-10-16(15)25(14-7-3-2-4-8-14)22(29)20(19)26(30)31/h2-10,17H,11-13H2,1H3,(H,23,28). The van der Waals surface area contributed by atoms with Gasteiger partial charge in [0.2, 0.25) is 5.91 Å². The summed E-state index contributed by atoms with van der Waals surface area (Å²) in [5.41, 5.74) is -0.528. The fourth-order valence-electron chi connectivity index (χ4n) is 4.03. The summed E-state index contributed by atoms with van der Waals surface area (Å²) in [6, 6.07) is 14.4. The average molecular weight is 436 g/mol. The average Bonchev–Trinajstić information content (AvgIpc) is 2.80. The van der Waals surface area contributed by atoms with Crippen molar-refractivity contribution in [3.8, 4) is 5.69 Å². The largest absolute Gasteiger partial charge is 0.469 e. The highest BCUT2D eigenvalue weighted by molar-refractivity contribution is 6.01. The Morgan fingerprint density at radius 2 is 1.84 bits per heavy atom.